The maximum absolute atomic E-state index is 12.6. The van der Waals surface area contributed by atoms with E-state index in [1.807, 2.05) is 4.90 Å². The van der Waals surface area contributed by atoms with Crippen LogP contribution in [0.1, 0.15) is 13.3 Å². The van der Waals surface area contributed by atoms with E-state index in [0.717, 1.165) is 13.0 Å². The van der Waals surface area contributed by atoms with Crippen molar-refractivity contribution >= 4 is 0 Å². The number of hydrogen-bond acceptors (Lipinski definition) is 2. The van der Waals surface area contributed by atoms with E-state index in [1.54, 1.807) is 13.0 Å². The molecule has 1 aliphatic heterocycles. The first-order valence-electron chi connectivity index (χ1n) is 3.93. The first kappa shape index (κ1) is 8.68. The van der Waals surface area contributed by atoms with E-state index < -0.39 is 0 Å². The zero-order valence-electron chi connectivity index (χ0n) is 6.76. The van der Waals surface area contributed by atoms with Gasteiger partial charge in [0.15, 0.2) is 0 Å². The molecule has 0 aromatic rings. The van der Waals surface area contributed by atoms with Crippen molar-refractivity contribution in [2.24, 2.45) is 0 Å². The first-order chi connectivity index (χ1) is 5.18. The number of nitrogens with zero attached hydrogens (tertiary/aromatic N) is 1. The second-order valence-electron chi connectivity index (χ2n) is 3.02. The van der Waals surface area contributed by atoms with Gasteiger partial charge in [0.1, 0.15) is 5.83 Å². The molecule has 0 bridgehead atoms. The average molecular weight is 159 g/mol. The van der Waals surface area contributed by atoms with Crippen LogP contribution in [0.2, 0.25) is 0 Å². The molecule has 3 heteroatoms. The molecule has 0 unspecified atom stereocenters. The highest BCUT2D eigenvalue weighted by atomic mass is 19.1. The quantitative estimate of drug-likeness (QED) is 0.647. The van der Waals surface area contributed by atoms with Gasteiger partial charge in [-0.05, 0) is 13.3 Å². The van der Waals surface area contributed by atoms with Crippen molar-refractivity contribution in [1.29, 1.82) is 0 Å². The van der Waals surface area contributed by atoms with Crippen molar-refractivity contribution < 1.29 is 9.50 Å². The van der Waals surface area contributed by atoms with E-state index in [9.17, 15) is 4.39 Å². The van der Waals surface area contributed by atoms with Crippen LogP contribution in [0.25, 0.3) is 0 Å². The molecule has 0 aromatic heterocycles. The minimum Gasteiger partial charge on any atom is -0.392 e. The van der Waals surface area contributed by atoms with Gasteiger partial charge in [-0.1, -0.05) is 6.08 Å². The van der Waals surface area contributed by atoms with Crippen LogP contribution < -0.4 is 0 Å². The van der Waals surface area contributed by atoms with Gasteiger partial charge in [0.25, 0.3) is 0 Å². The number of hydrogen-bond donors (Lipinski definition) is 1. The highest BCUT2D eigenvalue weighted by molar-refractivity contribution is 4.99. The van der Waals surface area contributed by atoms with Gasteiger partial charge in [-0.25, -0.2) is 4.39 Å². The summed E-state index contributed by atoms with van der Waals surface area (Å²) < 4.78 is 12.6. The van der Waals surface area contributed by atoms with Crippen molar-refractivity contribution in [3.8, 4) is 0 Å². The van der Waals surface area contributed by atoms with E-state index >= 15 is 0 Å². The topological polar surface area (TPSA) is 23.5 Å². The normalized spacial score (nSPS) is 23.0. The molecule has 0 aromatic carbocycles. The third-order valence-electron chi connectivity index (χ3n) is 1.71. The summed E-state index contributed by atoms with van der Waals surface area (Å²) in [6.07, 6.45) is 2.01. The Kier molecular flexibility index (Phi) is 3.02. The van der Waals surface area contributed by atoms with Crippen LogP contribution in [0.4, 0.5) is 4.39 Å². The monoisotopic (exact) mass is 159 g/mol. The van der Waals surface area contributed by atoms with E-state index in [2.05, 4.69) is 0 Å². The smallest absolute Gasteiger partial charge is 0.110 e. The fourth-order valence-electron chi connectivity index (χ4n) is 1.29. The van der Waals surface area contributed by atoms with Crippen LogP contribution in [0.3, 0.4) is 0 Å². The number of aliphatic hydroxyl groups is 1. The minimum atomic E-state index is -0.360. The van der Waals surface area contributed by atoms with Crippen LogP contribution in [0.15, 0.2) is 11.9 Å². The van der Waals surface area contributed by atoms with E-state index in [-0.39, 0.29) is 11.9 Å². The summed E-state index contributed by atoms with van der Waals surface area (Å²) in [7, 11) is 0. The molecular weight excluding hydrogens is 145 g/mol. The van der Waals surface area contributed by atoms with Gasteiger partial charge >= 0.3 is 0 Å². The van der Waals surface area contributed by atoms with Crippen molar-refractivity contribution in [2.45, 2.75) is 19.4 Å². The first-order valence-corrected chi connectivity index (χ1v) is 3.93. The third kappa shape index (κ3) is 2.99. The molecule has 1 aliphatic rings. The molecule has 1 rings (SSSR count). The fourth-order valence-corrected chi connectivity index (χ4v) is 1.29. The molecule has 0 spiro atoms. The molecule has 0 fully saturated rings. The van der Waals surface area contributed by atoms with E-state index in [4.69, 9.17) is 5.11 Å². The summed E-state index contributed by atoms with van der Waals surface area (Å²) in [4.78, 5) is 1.92. The Labute approximate surface area is 66.3 Å². The zero-order valence-corrected chi connectivity index (χ0v) is 6.76. The molecule has 0 saturated heterocycles. The second-order valence-corrected chi connectivity index (χ2v) is 3.02. The SMILES string of the molecule is C[C@H](O)CN1CCC=C(F)C1. The fraction of sp³-hybridized carbons (Fsp3) is 0.750. The lowest BCUT2D eigenvalue weighted by Gasteiger charge is -2.25. The van der Waals surface area contributed by atoms with Crippen LogP contribution >= 0.6 is 0 Å². The number of β-amino-alcohol motifs (C(OH)–C–C–N with tert-alkyl or cyclic N) is 1. The summed E-state index contributed by atoms with van der Waals surface area (Å²) >= 11 is 0. The zero-order chi connectivity index (χ0) is 8.27. The molecule has 0 radical (unpaired) electrons. The molecule has 1 atom stereocenters. The van der Waals surface area contributed by atoms with Gasteiger partial charge in [0, 0.05) is 13.1 Å². The van der Waals surface area contributed by atoms with Crippen molar-refractivity contribution in [1.82, 2.24) is 4.90 Å². The standard InChI is InChI=1S/C8H14FNO/c1-7(11)5-10-4-2-3-8(9)6-10/h3,7,11H,2,4-6H2,1H3/t7-/m0/s1. The van der Waals surface area contributed by atoms with Gasteiger partial charge < -0.3 is 5.11 Å². The van der Waals surface area contributed by atoms with Gasteiger partial charge in [0.05, 0.1) is 12.6 Å². The van der Waals surface area contributed by atoms with Gasteiger partial charge in [-0.15, -0.1) is 0 Å². The maximum atomic E-state index is 12.6. The predicted octanol–water partition coefficient (Wildman–Crippen LogP) is 0.926. The number of halogens is 1. The lowest BCUT2D eigenvalue weighted by molar-refractivity contribution is 0.126. The summed E-state index contributed by atoms with van der Waals surface area (Å²) in [6.45, 7) is 3.51. The van der Waals surface area contributed by atoms with Crippen molar-refractivity contribution in [2.75, 3.05) is 19.6 Å². The Bertz CT molecular complexity index is 156. The minimum absolute atomic E-state index is 0.0723. The highest BCUT2D eigenvalue weighted by Gasteiger charge is 2.13. The number of rotatable bonds is 2. The lowest BCUT2D eigenvalue weighted by atomic mass is 10.2. The van der Waals surface area contributed by atoms with E-state index in [0.29, 0.717) is 13.1 Å². The van der Waals surface area contributed by atoms with Crippen LogP contribution in [0.5, 0.6) is 0 Å². The molecule has 11 heavy (non-hydrogen) atoms. The van der Waals surface area contributed by atoms with E-state index in [1.165, 1.54) is 0 Å². The predicted molar refractivity (Wildman–Crippen MR) is 41.9 cm³/mol. The summed E-state index contributed by atoms with van der Waals surface area (Å²) in [5.41, 5.74) is 0. The lowest BCUT2D eigenvalue weighted by Crippen LogP contribution is -2.34. The third-order valence-corrected chi connectivity index (χ3v) is 1.71. The van der Waals surface area contributed by atoms with Gasteiger partial charge in [0.2, 0.25) is 0 Å². The molecule has 1 heterocycles. The molecule has 0 saturated carbocycles. The average Bonchev–Trinajstić information content (AvgIpc) is 1.85. The summed E-state index contributed by atoms with van der Waals surface area (Å²) in [5, 5.41) is 9.01. The molecular formula is C8H14FNO. The highest BCUT2D eigenvalue weighted by Crippen LogP contribution is 2.10. The Hall–Kier alpha value is -0.410. The second kappa shape index (κ2) is 3.83. The van der Waals surface area contributed by atoms with Gasteiger partial charge in [-0.2, -0.15) is 0 Å². The number of aliphatic hydroxyl groups excluding tert-OH is 1. The summed E-state index contributed by atoms with van der Waals surface area (Å²) in [5.74, 6) is -0.0723. The Balaban J connectivity index is 2.32. The van der Waals surface area contributed by atoms with Crippen LogP contribution in [0, 0.1) is 0 Å². The summed E-state index contributed by atoms with van der Waals surface area (Å²) in [6, 6.07) is 0. The van der Waals surface area contributed by atoms with Gasteiger partial charge in [-0.3, -0.25) is 4.90 Å². The molecule has 2 nitrogen and oxygen atoms in total. The maximum Gasteiger partial charge on any atom is 0.110 e. The molecule has 0 aliphatic carbocycles. The van der Waals surface area contributed by atoms with Crippen LogP contribution in [-0.4, -0.2) is 35.7 Å². The van der Waals surface area contributed by atoms with Crippen molar-refractivity contribution in [3.05, 3.63) is 11.9 Å². The molecule has 0 amide bonds. The largest absolute Gasteiger partial charge is 0.392 e. The Morgan fingerprint density at radius 3 is 3.09 bits per heavy atom. The molecule has 64 valence electrons. The van der Waals surface area contributed by atoms with Crippen LogP contribution in [-0.2, 0) is 0 Å². The van der Waals surface area contributed by atoms with Crippen molar-refractivity contribution in [3.63, 3.8) is 0 Å². The molecule has 1 N–H and O–H groups in total. The Morgan fingerprint density at radius 1 is 1.82 bits per heavy atom. The Morgan fingerprint density at radius 2 is 2.55 bits per heavy atom.